The Kier molecular flexibility index (Phi) is 106. The molecule has 0 heterocycles. The maximum absolute atomic E-state index is 11.1. The number of hydrogen-bond acceptors (Lipinski definition) is 5. The van der Waals surface area contributed by atoms with E-state index in [0.717, 1.165) is 70.6 Å². The number of aliphatic carboxylic acids is 5. The van der Waals surface area contributed by atoms with Gasteiger partial charge in [0.25, 0.3) is 5.97 Å². The van der Waals surface area contributed by atoms with Gasteiger partial charge in [-0.1, -0.05) is 444 Å². The van der Waals surface area contributed by atoms with Gasteiger partial charge in [-0.2, -0.15) is 12.8 Å². The summed E-state index contributed by atoms with van der Waals surface area (Å²) in [6, 6.07) is 0. The van der Waals surface area contributed by atoms with Gasteiger partial charge in [0.1, 0.15) is 0 Å². The standard InChI is InChI=1S/C36H67O4.C36H70O4.C18H35O2.K.Zn/c1-2-3-4-5-6-7-13-16-19-22-25-29-34(31-28-33-36(39)40)30-26-23-20-17-14-11-9-8-10-12-15-18-21-24-27-32-35(37)38;1-2-3-4-5-6-7-8-14-17-20-23-26-29-34(32-33-36(39)40)30-27-24-21-18-15-12-10-9-11-13-16-19-22-25-28-31-35(37)38;1-2-3-4-5-6-7-8-9-10-11-12-13-14-15-16-17-18(19)20;;/h8,10,33-34H,2-7,9,11-32H2,1H3,(H,37,38)(H,39,40);34H,2-33H2,1H3,(H,37,38)(H,39,40);16H,2-15,17H2,1H3,(H,19,20);;/q-1;;-1;+1;/b10-8-;;;;. The van der Waals surface area contributed by atoms with Crippen LogP contribution in [0.25, 0.3) is 0 Å². The molecule has 0 aliphatic rings. The maximum atomic E-state index is 11.1. The number of rotatable bonds is 83. The Morgan fingerprint density at radius 3 is 0.725 bits per heavy atom. The van der Waals surface area contributed by atoms with Crippen LogP contribution >= 0.6 is 0 Å². The molecule has 0 aliphatic heterocycles. The molecule has 102 heavy (non-hydrogen) atoms. The van der Waals surface area contributed by atoms with E-state index in [4.69, 9.17) is 25.5 Å². The molecule has 0 rings (SSSR count). The van der Waals surface area contributed by atoms with Gasteiger partial charge in [-0.3, -0.25) is 30.4 Å². The van der Waals surface area contributed by atoms with Gasteiger partial charge in [0, 0.05) is 38.7 Å². The van der Waals surface area contributed by atoms with Crippen molar-refractivity contribution in [3.63, 3.8) is 0 Å². The van der Waals surface area contributed by atoms with Crippen molar-refractivity contribution in [2.24, 2.45) is 11.8 Å². The van der Waals surface area contributed by atoms with Crippen LogP contribution in [0.5, 0.6) is 0 Å². The van der Waals surface area contributed by atoms with Crippen LogP contribution in [0.2, 0.25) is 0 Å². The summed E-state index contributed by atoms with van der Waals surface area (Å²) in [7, 11) is 0. The van der Waals surface area contributed by atoms with E-state index >= 15 is 0 Å². The molecule has 0 aromatic heterocycles. The van der Waals surface area contributed by atoms with E-state index in [1.165, 1.54) is 398 Å². The van der Waals surface area contributed by atoms with Crippen molar-refractivity contribution in [1.29, 1.82) is 0 Å². The molecular weight excluding hydrogens is 1350 g/mol. The van der Waals surface area contributed by atoms with Crippen LogP contribution in [0.1, 0.15) is 509 Å². The van der Waals surface area contributed by atoms with Gasteiger partial charge >= 0.3 is 69.3 Å². The van der Waals surface area contributed by atoms with Gasteiger partial charge in [0.2, 0.25) is 0 Å². The summed E-state index contributed by atoms with van der Waals surface area (Å²) in [5.74, 6) is -2.14. The smallest absolute Gasteiger partial charge is 0.503 e. The van der Waals surface area contributed by atoms with Crippen LogP contribution < -0.4 is 51.4 Å². The fourth-order valence-corrected chi connectivity index (χ4v) is 14.3. The van der Waals surface area contributed by atoms with Crippen molar-refractivity contribution in [3.8, 4) is 0 Å². The predicted molar refractivity (Wildman–Crippen MR) is 431 cm³/mol. The van der Waals surface area contributed by atoms with Crippen molar-refractivity contribution < 1.29 is 120 Å². The van der Waals surface area contributed by atoms with Crippen molar-refractivity contribution in [2.45, 2.75) is 509 Å². The van der Waals surface area contributed by atoms with E-state index in [1.807, 2.05) is 6.42 Å². The van der Waals surface area contributed by atoms with E-state index < -0.39 is 29.8 Å². The summed E-state index contributed by atoms with van der Waals surface area (Å²) >= 11 is 0. The second-order valence-electron chi connectivity index (χ2n) is 30.8. The molecule has 5 N–H and O–H groups in total. The number of hydrogen-bond donors (Lipinski definition) is 5. The monoisotopic (exact) mass is 1520 g/mol. The summed E-state index contributed by atoms with van der Waals surface area (Å²) in [5, 5.41) is 43.9. The summed E-state index contributed by atoms with van der Waals surface area (Å²) in [6.07, 6.45) is 102. The minimum Gasteiger partial charge on any atom is -0.503 e. The predicted octanol–water partition coefficient (Wildman–Crippen LogP) is 27.3. The number of unbranched alkanes of at least 4 members (excludes halogenated alkanes) is 60. The number of carboxylic acid groups (broad SMARTS) is 5. The molecule has 0 aromatic rings. The van der Waals surface area contributed by atoms with Gasteiger partial charge in [0.15, 0.2) is 5.97 Å². The quantitative estimate of drug-likeness (QED) is 0.0170. The molecule has 0 aliphatic carbocycles. The first-order valence-corrected chi connectivity index (χ1v) is 44.3. The molecule has 0 saturated heterocycles. The zero-order valence-electron chi connectivity index (χ0n) is 68.7. The molecule has 0 bridgehead atoms. The molecule has 0 aromatic carbocycles. The van der Waals surface area contributed by atoms with E-state index in [2.05, 4.69) is 32.9 Å². The van der Waals surface area contributed by atoms with Crippen LogP contribution in [0.4, 0.5) is 0 Å². The third-order valence-electron chi connectivity index (χ3n) is 20.8. The summed E-state index contributed by atoms with van der Waals surface area (Å²) in [6.45, 7) is 6.83. The largest absolute Gasteiger partial charge is 1.00 e. The Balaban J connectivity index is -0.000000482. The normalized spacial score (nSPS) is 11.7. The molecule has 0 amide bonds. The van der Waals surface area contributed by atoms with Crippen LogP contribution in [-0.2, 0) is 43.5 Å². The number of allylic oxidation sites excluding steroid dienone is 2. The van der Waals surface area contributed by atoms with Gasteiger partial charge in [-0.15, -0.1) is 0 Å². The average Bonchev–Trinajstić information content (AvgIpc) is 2.53. The molecular formula is C90H172KO10Zn-. The minimum absolute atomic E-state index is 0. The first kappa shape index (κ1) is 110. The Labute approximate surface area is 689 Å². The molecule has 0 fully saturated rings. The van der Waals surface area contributed by atoms with Crippen LogP contribution in [-0.4, -0.2) is 55.4 Å². The third kappa shape index (κ3) is 108. The summed E-state index contributed by atoms with van der Waals surface area (Å²) < 4.78 is 0. The second-order valence-corrected chi connectivity index (χ2v) is 30.8. The third-order valence-corrected chi connectivity index (χ3v) is 20.8. The minimum atomic E-state index is -0.770. The van der Waals surface area contributed by atoms with E-state index in [-0.39, 0.29) is 77.3 Å². The van der Waals surface area contributed by atoms with Crippen LogP contribution in [0, 0.1) is 24.7 Å². The average molecular weight is 1520 g/mol. The van der Waals surface area contributed by atoms with Gasteiger partial charge in [-0.05, 0) is 56.8 Å². The zero-order chi connectivity index (χ0) is 73.6. The summed E-state index contributed by atoms with van der Waals surface area (Å²) in [5.41, 5.74) is 0. The van der Waals surface area contributed by atoms with Gasteiger partial charge < -0.3 is 32.0 Å². The van der Waals surface area contributed by atoms with E-state index in [1.54, 1.807) is 0 Å². The molecule has 596 valence electrons. The zero-order valence-corrected chi connectivity index (χ0v) is 74.8. The fourth-order valence-electron chi connectivity index (χ4n) is 14.3. The second kappa shape index (κ2) is 98.2. The molecule has 0 radical (unpaired) electrons. The summed E-state index contributed by atoms with van der Waals surface area (Å²) in [4.78, 5) is 53.3. The van der Waals surface area contributed by atoms with E-state index in [9.17, 15) is 24.0 Å². The molecule has 0 spiro atoms. The Bertz CT molecular complexity index is 1680. The van der Waals surface area contributed by atoms with Crippen molar-refractivity contribution >= 4 is 29.8 Å². The van der Waals surface area contributed by atoms with Crippen molar-refractivity contribution in [2.75, 3.05) is 0 Å². The topological polar surface area (TPSA) is 186 Å². The van der Waals surface area contributed by atoms with Gasteiger partial charge in [0.05, 0.1) is 0 Å². The van der Waals surface area contributed by atoms with Crippen molar-refractivity contribution in [1.82, 2.24) is 0 Å². The SMILES string of the molecule is CCCCCCCCCCCCCC(CC[CH-]C(=O)O)CCCCCCCC/C=C\CCCCCCCC(=O)O.CCCCCCCCCCCCCCC(CCCCCCCCCCCCCCCCCC(=O)O)CCC(=O)O.CCCCCCCCCCCCCCC[CH-]CC(=O)O.[K+].[Zn]. The first-order valence-electron chi connectivity index (χ1n) is 44.3. The molecule has 10 nitrogen and oxygen atoms in total. The Morgan fingerprint density at radius 2 is 0.480 bits per heavy atom. The fraction of sp³-hybridized carbons (Fsp3) is 0.900. The maximum Gasteiger partial charge on any atom is 1.00 e. The van der Waals surface area contributed by atoms with Gasteiger partial charge in [-0.25, -0.2) is 0 Å². The number of carboxylic acids is 5. The molecule has 0 saturated carbocycles. The molecule has 12 heteroatoms. The number of carbonyl (C=O) groups is 5. The Hall–Kier alpha value is -0.780. The first-order chi connectivity index (χ1) is 48.9. The van der Waals surface area contributed by atoms with E-state index in [0.29, 0.717) is 31.1 Å². The van der Waals surface area contributed by atoms with Crippen molar-refractivity contribution in [3.05, 3.63) is 25.0 Å². The van der Waals surface area contributed by atoms with Crippen LogP contribution in [0.15, 0.2) is 12.2 Å². The van der Waals surface area contributed by atoms with Crippen LogP contribution in [0.3, 0.4) is 0 Å². The molecule has 2 unspecified atom stereocenters. The Morgan fingerprint density at radius 1 is 0.255 bits per heavy atom. The molecule has 2 atom stereocenters.